The van der Waals surface area contributed by atoms with E-state index in [9.17, 15) is 19.8 Å². The molecule has 6 heteroatoms. The maximum absolute atomic E-state index is 12.5. The van der Waals surface area contributed by atoms with Crippen molar-refractivity contribution in [3.63, 3.8) is 0 Å². The van der Waals surface area contributed by atoms with Gasteiger partial charge in [-0.2, -0.15) is 0 Å². The number of amides is 1. The summed E-state index contributed by atoms with van der Waals surface area (Å²) >= 11 is 0. The summed E-state index contributed by atoms with van der Waals surface area (Å²) in [6, 6.07) is -0.633. The van der Waals surface area contributed by atoms with Crippen LogP contribution in [0.2, 0.25) is 0 Å². The van der Waals surface area contributed by atoms with Gasteiger partial charge in [0.25, 0.3) is 0 Å². The Morgan fingerprint density at radius 3 is 0.952 bits per heavy atom. The minimum atomic E-state index is -0.850. The fourth-order valence-corrected chi connectivity index (χ4v) is 11.3. The third-order valence-corrected chi connectivity index (χ3v) is 17.0. The summed E-state index contributed by atoms with van der Waals surface area (Å²) in [6.45, 7) is 4.88. The molecule has 0 aliphatic rings. The topological polar surface area (TPSA) is 95.9 Å². The number of hydrogen-bond donors (Lipinski definition) is 3. The Balaban J connectivity index is 3.45. The summed E-state index contributed by atoms with van der Waals surface area (Å²) in [5.41, 5.74) is 0. The van der Waals surface area contributed by atoms with Crippen molar-refractivity contribution in [3.05, 3.63) is 60.8 Å². The summed E-state index contributed by atoms with van der Waals surface area (Å²) in [5, 5.41) is 23.3. The highest BCUT2D eigenvalue weighted by atomic mass is 16.5. The lowest BCUT2D eigenvalue weighted by molar-refractivity contribution is -0.143. The Hall–Kier alpha value is -2.44. The molecule has 0 rings (SSSR count). The van der Waals surface area contributed by atoms with Crippen LogP contribution in [-0.2, 0) is 14.3 Å². The van der Waals surface area contributed by atoms with Crippen molar-refractivity contribution in [1.82, 2.24) is 5.32 Å². The molecule has 3 N–H and O–H groups in total. The first-order chi connectivity index (χ1) is 41.0. The number of hydrogen-bond acceptors (Lipinski definition) is 5. The number of aliphatic hydroxyl groups is 2. The first-order valence-electron chi connectivity index (χ1n) is 37.1. The van der Waals surface area contributed by atoms with Crippen molar-refractivity contribution < 1.29 is 24.5 Å². The third kappa shape index (κ3) is 68.5. The number of ether oxygens (including phenoxy) is 1. The molecule has 2 atom stereocenters. The third-order valence-electron chi connectivity index (χ3n) is 17.0. The van der Waals surface area contributed by atoms with Gasteiger partial charge in [0.2, 0.25) is 5.91 Å². The molecule has 0 aromatic carbocycles. The van der Waals surface area contributed by atoms with Crippen molar-refractivity contribution in [2.24, 2.45) is 0 Å². The molecule has 2 unspecified atom stereocenters. The van der Waals surface area contributed by atoms with E-state index in [1.165, 1.54) is 308 Å². The van der Waals surface area contributed by atoms with E-state index in [0.29, 0.717) is 19.4 Å². The minimum absolute atomic E-state index is 0.00439. The number of nitrogens with one attached hydrogen (secondary N) is 1. The van der Waals surface area contributed by atoms with E-state index in [0.717, 1.165) is 57.8 Å². The highest BCUT2D eigenvalue weighted by molar-refractivity contribution is 5.76. The number of carbonyl (C=O) groups is 2. The molecule has 0 saturated carbocycles. The maximum atomic E-state index is 12.5. The van der Waals surface area contributed by atoms with E-state index in [4.69, 9.17) is 4.74 Å². The van der Waals surface area contributed by atoms with E-state index in [1.807, 2.05) is 6.08 Å². The molecule has 0 aromatic heterocycles. The highest BCUT2D eigenvalue weighted by Gasteiger charge is 2.18. The number of esters is 1. The van der Waals surface area contributed by atoms with Crippen LogP contribution in [0.4, 0.5) is 0 Å². The van der Waals surface area contributed by atoms with Crippen LogP contribution < -0.4 is 5.32 Å². The zero-order valence-corrected chi connectivity index (χ0v) is 55.7. The van der Waals surface area contributed by atoms with Crippen LogP contribution in [0.15, 0.2) is 60.8 Å². The molecule has 0 saturated heterocycles. The number of unbranched alkanes of at least 4 members (excludes halogenated alkanes) is 50. The van der Waals surface area contributed by atoms with Crippen molar-refractivity contribution in [2.45, 2.75) is 405 Å². The molecule has 0 aliphatic heterocycles. The fourth-order valence-electron chi connectivity index (χ4n) is 11.3. The monoisotopic (exact) mass is 1160 g/mol. The van der Waals surface area contributed by atoms with Gasteiger partial charge >= 0.3 is 5.97 Å². The quantitative estimate of drug-likeness (QED) is 0.0320. The van der Waals surface area contributed by atoms with Gasteiger partial charge in [-0.25, -0.2) is 0 Å². The zero-order chi connectivity index (χ0) is 59.9. The van der Waals surface area contributed by atoms with Gasteiger partial charge in [0.05, 0.1) is 25.4 Å². The van der Waals surface area contributed by atoms with Crippen LogP contribution in [-0.4, -0.2) is 47.4 Å². The van der Waals surface area contributed by atoms with Gasteiger partial charge < -0.3 is 20.3 Å². The normalized spacial score (nSPS) is 12.9. The molecule has 0 bridgehead atoms. The second kappa shape index (κ2) is 72.0. The lowest BCUT2D eigenvalue weighted by atomic mass is 10.0. The Labute approximate surface area is 518 Å². The van der Waals surface area contributed by atoms with Crippen LogP contribution in [0, 0.1) is 0 Å². The molecule has 486 valence electrons. The van der Waals surface area contributed by atoms with E-state index >= 15 is 0 Å². The molecule has 0 spiro atoms. The average Bonchev–Trinajstić information content (AvgIpc) is 3.49. The molecule has 0 aliphatic carbocycles. The first-order valence-corrected chi connectivity index (χ1v) is 37.1. The molecule has 0 radical (unpaired) electrons. The number of allylic oxidation sites excluding steroid dienone is 9. The molecule has 6 nitrogen and oxygen atoms in total. The molecule has 0 aromatic rings. The van der Waals surface area contributed by atoms with Gasteiger partial charge in [-0.3, -0.25) is 9.59 Å². The molecule has 1 amide bonds. The molecule has 0 heterocycles. The lowest BCUT2D eigenvalue weighted by Crippen LogP contribution is -2.45. The minimum Gasteiger partial charge on any atom is -0.466 e. The Morgan fingerprint density at radius 2 is 0.614 bits per heavy atom. The van der Waals surface area contributed by atoms with Crippen LogP contribution in [0.1, 0.15) is 393 Å². The van der Waals surface area contributed by atoms with Crippen LogP contribution >= 0.6 is 0 Å². The van der Waals surface area contributed by atoms with E-state index in [1.54, 1.807) is 6.08 Å². The number of carbonyl (C=O) groups excluding carboxylic acids is 2. The smallest absolute Gasteiger partial charge is 0.305 e. The Morgan fingerprint density at radius 1 is 0.337 bits per heavy atom. The van der Waals surface area contributed by atoms with Crippen molar-refractivity contribution >= 4 is 11.9 Å². The lowest BCUT2D eigenvalue weighted by Gasteiger charge is -2.20. The summed E-state index contributed by atoms with van der Waals surface area (Å²) < 4.78 is 5.48. The zero-order valence-electron chi connectivity index (χ0n) is 55.7. The second-order valence-electron chi connectivity index (χ2n) is 25.3. The van der Waals surface area contributed by atoms with E-state index < -0.39 is 12.1 Å². The standard InChI is InChI=1S/C77H143NO5/c1-3-5-7-9-11-13-15-17-19-20-21-22-23-27-30-33-36-39-42-45-49-53-57-61-65-69-75(80)74(73-79)78-76(81)70-66-62-58-54-50-46-43-40-37-34-31-28-25-24-26-29-32-35-38-41-44-48-52-56-60-64-68-72-83-77(82)71-67-63-59-55-51-47-18-16-14-12-10-8-6-4-2/h10,12,16,18,24-25,29,32,65,69,74-75,79-80H,3-9,11,13-15,17,19-23,26-28,30-31,33-64,66-68,70-73H2,1-2H3,(H,78,81)/b12-10-,18-16-,25-24-,32-29-,69-65+. The van der Waals surface area contributed by atoms with E-state index in [2.05, 4.69) is 67.8 Å². The Kier molecular flexibility index (Phi) is 69.9. The molecule has 0 fully saturated rings. The van der Waals surface area contributed by atoms with Gasteiger partial charge in [-0.1, -0.05) is 351 Å². The van der Waals surface area contributed by atoms with E-state index in [-0.39, 0.29) is 18.5 Å². The summed E-state index contributed by atoms with van der Waals surface area (Å²) in [7, 11) is 0. The largest absolute Gasteiger partial charge is 0.466 e. The second-order valence-corrected chi connectivity index (χ2v) is 25.3. The van der Waals surface area contributed by atoms with Gasteiger partial charge in [0, 0.05) is 12.8 Å². The summed E-state index contributed by atoms with van der Waals surface area (Å²) in [6.07, 6.45) is 96.0. The molecule has 83 heavy (non-hydrogen) atoms. The van der Waals surface area contributed by atoms with Crippen LogP contribution in [0.5, 0.6) is 0 Å². The number of rotatable bonds is 69. The highest BCUT2D eigenvalue weighted by Crippen LogP contribution is 2.18. The van der Waals surface area contributed by atoms with Gasteiger partial charge in [0.15, 0.2) is 0 Å². The summed E-state index contributed by atoms with van der Waals surface area (Å²) in [4.78, 5) is 24.6. The first kappa shape index (κ1) is 80.6. The SMILES string of the molecule is CCCC/C=C\C/C=C\CCCCCCCC(=O)OCCCCCCCCCCC/C=C\C/C=C\CCCCCCCCCCCCCC(=O)NC(CO)C(O)/C=C/CCCCCCCCCCCCCCCCCCCCCCCCC. The number of aliphatic hydroxyl groups excluding tert-OH is 2. The van der Waals surface area contributed by atoms with Crippen LogP contribution in [0.25, 0.3) is 0 Å². The summed E-state index contributed by atoms with van der Waals surface area (Å²) in [5.74, 6) is -0.0721. The predicted octanol–water partition coefficient (Wildman–Crippen LogP) is 24.2. The molecular formula is C77H143NO5. The van der Waals surface area contributed by atoms with Crippen molar-refractivity contribution in [2.75, 3.05) is 13.2 Å². The average molecular weight is 1160 g/mol. The predicted molar refractivity (Wildman–Crippen MR) is 365 cm³/mol. The van der Waals surface area contributed by atoms with Crippen LogP contribution in [0.3, 0.4) is 0 Å². The fraction of sp³-hybridized carbons (Fsp3) is 0.844. The van der Waals surface area contributed by atoms with Gasteiger partial charge in [0.1, 0.15) is 0 Å². The van der Waals surface area contributed by atoms with Gasteiger partial charge in [-0.05, 0) is 89.9 Å². The molecular weight excluding hydrogens is 1020 g/mol. The Bertz CT molecular complexity index is 1430. The maximum Gasteiger partial charge on any atom is 0.305 e. The van der Waals surface area contributed by atoms with Gasteiger partial charge in [-0.15, -0.1) is 0 Å². The van der Waals surface area contributed by atoms with Crippen molar-refractivity contribution in [1.29, 1.82) is 0 Å². The van der Waals surface area contributed by atoms with Crippen molar-refractivity contribution in [3.8, 4) is 0 Å².